The highest BCUT2D eigenvalue weighted by Gasteiger charge is 2.20. The zero-order valence-corrected chi connectivity index (χ0v) is 16.5. The maximum Gasteiger partial charge on any atom is 0.197 e. The van der Waals surface area contributed by atoms with Crippen molar-refractivity contribution in [1.29, 1.82) is 0 Å². The lowest BCUT2D eigenvalue weighted by molar-refractivity contribution is 0.0673. The third-order valence-corrected chi connectivity index (χ3v) is 5.20. The topological polar surface area (TPSA) is 48.8 Å². The van der Waals surface area contributed by atoms with Crippen LogP contribution in [0.15, 0.2) is 29.8 Å². The summed E-state index contributed by atoms with van der Waals surface area (Å²) in [5.41, 5.74) is 3.79. The number of anilines is 1. The van der Waals surface area contributed by atoms with Crippen LogP contribution >= 0.6 is 35.3 Å². The summed E-state index contributed by atoms with van der Waals surface area (Å²) in [5.74, 6) is 0. The van der Waals surface area contributed by atoms with Gasteiger partial charge in [-0.3, -0.25) is 4.90 Å². The molecular formula is C17H23Cl2N3O2S. The van der Waals surface area contributed by atoms with Gasteiger partial charge in [-0.2, -0.15) is 0 Å². The summed E-state index contributed by atoms with van der Waals surface area (Å²) in [4.78, 5) is 8.74. The van der Waals surface area contributed by atoms with E-state index in [1.54, 1.807) is 5.51 Å². The van der Waals surface area contributed by atoms with Gasteiger partial charge < -0.3 is 14.7 Å². The molecule has 25 heavy (non-hydrogen) atoms. The number of nitrogens with zero attached hydrogens (tertiary/aromatic N) is 3. The molecule has 1 aromatic carbocycles. The second-order valence-electron chi connectivity index (χ2n) is 5.96. The van der Waals surface area contributed by atoms with E-state index in [4.69, 9.17) is 16.3 Å². The standard InChI is InChI=1S/C17H22ClN3O2S.ClH/c1-13-17(24-12-19-13)23-11-16(22)10-20-5-7-21(8-6-20)15-4-2-3-14(18)9-15;/h2-4,9,12,16,22H,5-8,10-11H2,1H3;1H. The fraction of sp³-hybridized carbons (Fsp3) is 0.471. The smallest absolute Gasteiger partial charge is 0.197 e. The molecule has 8 heteroatoms. The van der Waals surface area contributed by atoms with E-state index in [2.05, 4.69) is 20.9 Å². The molecule has 0 saturated carbocycles. The van der Waals surface area contributed by atoms with Gasteiger partial charge in [-0.05, 0) is 25.1 Å². The zero-order chi connectivity index (χ0) is 16.9. The van der Waals surface area contributed by atoms with Crippen LogP contribution in [0, 0.1) is 6.92 Å². The van der Waals surface area contributed by atoms with E-state index in [0.29, 0.717) is 13.2 Å². The first-order valence-electron chi connectivity index (χ1n) is 8.05. The van der Waals surface area contributed by atoms with Crippen LogP contribution in [0.2, 0.25) is 5.02 Å². The Labute approximate surface area is 163 Å². The summed E-state index contributed by atoms with van der Waals surface area (Å²) < 4.78 is 5.64. The van der Waals surface area contributed by atoms with Crippen LogP contribution in [-0.4, -0.2) is 60.4 Å². The third-order valence-electron chi connectivity index (χ3n) is 4.12. The number of ether oxygens (including phenoxy) is 1. The van der Waals surface area contributed by atoms with Crippen LogP contribution in [-0.2, 0) is 0 Å². The van der Waals surface area contributed by atoms with Crippen LogP contribution in [0.1, 0.15) is 5.69 Å². The molecule has 1 aliphatic heterocycles. The fourth-order valence-corrected chi connectivity index (χ4v) is 3.66. The lowest BCUT2D eigenvalue weighted by atomic mass is 10.2. The molecule has 0 amide bonds. The van der Waals surface area contributed by atoms with Gasteiger partial charge >= 0.3 is 0 Å². The molecule has 1 aromatic heterocycles. The number of piperazine rings is 1. The van der Waals surface area contributed by atoms with E-state index in [0.717, 1.165) is 47.6 Å². The Morgan fingerprint density at radius 3 is 2.72 bits per heavy atom. The van der Waals surface area contributed by atoms with E-state index >= 15 is 0 Å². The lowest BCUT2D eigenvalue weighted by Gasteiger charge is -2.36. The van der Waals surface area contributed by atoms with Crippen molar-refractivity contribution in [3.8, 4) is 5.06 Å². The van der Waals surface area contributed by atoms with Gasteiger partial charge in [-0.15, -0.1) is 12.4 Å². The van der Waals surface area contributed by atoms with Crippen molar-refractivity contribution < 1.29 is 9.84 Å². The van der Waals surface area contributed by atoms with Gasteiger partial charge in [0.05, 0.1) is 11.2 Å². The summed E-state index contributed by atoms with van der Waals surface area (Å²) >= 11 is 7.52. The van der Waals surface area contributed by atoms with Gasteiger partial charge in [0, 0.05) is 43.4 Å². The highest BCUT2D eigenvalue weighted by molar-refractivity contribution is 7.11. The molecular weight excluding hydrogens is 381 g/mol. The molecule has 1 saturated heterocycles. The van der Waals surface area contributed by atoms with Crippen molar-refractivity contribution in [3.63, 3.8) is 0 Å². The first kappa shape index (κ1) is 20.3. The van der Waals surface area contributed by atoms with Crippen molar-refractivity contribution >= 4 is 41.0 Å². The molecule has 1 aliphatic rings. The number of aliphatic hydroxyl groups is 1. The summed E-state index contributed by atoms with van der Waals surface area (Å²) in [6.07, 6.45) is -0.496. The van der Waals surface area contributed by atoms with E-state index in [1.807, 2.05) is 25.1 Å². The van der Waals surface area contributed by atoms with Gasteiger partial charge in [-0.25, -0.2) is 4.98 Å². The van der Waals surface area contributed by atoms with Gasteiger partial charge in [-0.1, -0.05) is 29.0 Å². The summed E-state index contributed by atoms with van der Waals surface area (Å²) in [7, 11) is 0. The Morgan fingerprint density at radius 2 is 2.08 bits per heavy atom. The minimum atomic E-state index is -0.496. The molecule has 5 nitrogen and oxygen atoms in total. The summed E-state index contributed by atoms with van der Waals surface area (Å²) in [6.45, 7) is 6.54. The molecule has 1 unspecified atom stereocenters. The van der Waals surface area contributed by atoms with E-state index in [9.17, 15) is 5.11 Å². The minimum absolute atomic E-state index is 0. The average Bonchev–Trinajstić information content (AvgIpc) is 2.99. The fourth-order valence-electron chi connectivity index (χ4n) is 2.81. The third kappa shape index (κ3) is 5.72. The SMILES string of the molecule is Cc1ncsc1OCC(O)CN1CCN(c2cccc(Cl)c2)CC1.Cl. The number of aliphatic hydroxyl groups excluding tert-OH is 1. The molecule has 1 atom stereocenters. The Kier molecular flexibility index (Phi) is 7.78. The molecule has 0 aliphatic carbocycles. The van der Waals surface area contributed by atoms with Crippen LogP contribution < -0.4 is 9.64 Å². The molecule has 1 fully saturated rings. The molecule has 1 N–H and O–H groups in total. The predicted octanol–water partition coefficient (Wildman–Crippen LogP) is 3.09. The van der Waals surface area contributed by atoms with Crippen molar-refractivity contribution in [1.82, 2.24) is 9.88 Å². The number of β-amino-alcohol motifs (C(OH)–C–C–N with tert-alkyl or cyclic N) is 1. The highest BCUT2D eigenvalue weighted by Crippen LogP contribution is 2.22. The predicted molar refractivity (Wildman–Crippen MR) is 106 cm³/mol. The molecule has 2 heterocycles. The molecule has 138 valence electrons. The van der Waals surface area contributed by atoms with E-state index < -0.39 is 6.10 Å². The van der Waals surface area contributed by atoms with E-state index in [1.165, 1.54) is 11.3 Å². The monoisotopic (exact) mass is 403 g/mol. The van der Waals surface area contributed by atoms with Crippen molar-refractivity contribution in [3.05, 3.63) is 40.5 Å². The Morgan fingerprint density at radius 1 is 1.32 bits per heavy atom. The van der Waals surface area contributed by atoms with E-state index in [-0.39, 0.29) is 12.4 Å². The van der Waals surface area contributed by atoms with Crippen molar-refractivity contribution in [2.75, 3.05) is 44.2 Å². The number of thiazole rings is 1. The quantitative estimate of drug-likeness (QED) is 0.802. The molecule has 0 bridgehead atoms. The number of hydrogen-bond donors (Lipinski definition) is 1. The Bertz CT molecular complexity index is 663. The second-order valence-corrected chi connectivity index (χ2v) is 7.21. The summed E-state index contributed by atoms with van der Waals surface area (Å²) in [5, 5.41) is 11.8. The van der Waals surface area contributed by atoms with Crippen molar-refractivity contribution in [2.45, 2.75) is 13.0 Å². The summed E-state index contributed by atoms with van der Waals surface area (Å²) in [6, 6.07) is 7.95. The maximum atomic E-state index is 10.2. The Balaban J connectivity index is 0.00000225. The highest BCUT2D eigenvalue weighted by atomic mass is 35.5. The number of halogens is 2. The average molecular weight is 404 g/mol. The number of aryl methyl sites for hydroxylation is 1. The Hall–Kier alpha value is -1.05. The van der Waals surface area contributed by atoms with Crippen molar-refractivity contribution in [2.24, 2.45) is 0 Å². The number of hydrogen-bond acceptors (Lipinski definition) is 6. The number of aromatic nitrogens is 1. The number of benzene rings is 1. The van der Waals surface area contributed by atoms with Crippen LogP contribution in [0.3, 0.4) is 0 Å². The minimum Gasteiger partial charge on any atom is -0.480 e. The largest absolute Gasteiger partial charge is 0.480 e. The van der Waals surface area contributed by atoms with Gasteiger partial charge in [0.15, 0.2) is 5.06 Å². The van der Waals surface area contributed by atoms with Gasteiger partial charge in [0.25, 0.3) is 0 Å². The molecule has 0 radical (unpaired) electrons. The first-order chi connectivity index (χ1) is 11.6. The van der Waals surface area contributed by atoms with Crippen LogP contribution in [0.4, 0.5) is 5.69 Å². The molecule has 0 spiro atoms. The van der Waals surface area contributed by atoms with Crippen LogP contribution in [0.25, 0.3) is 0 Å². The first-order valence-corrected chi connectivity index (χ1v) is 9.31. The van der Waals surface area contributed by atoms with Crippen LogP contribution in [0.5, 0.6) is 5.06 Å². The molecule has 2 aromatic rings. The van der Waals surface area contributed by atoms with Gasteiger partial charge in [0.1, 0.15) is 12.7 Å². The maximum absolute atomic E-state index is 10.2. The second kappa shape index (κ2) is 9.59. The van der Waals surface area contributed by atoms with Gasteiger partial charge in [0.2, 0.25) is 0 Å². The molecule has 3 rings (SSSR count). The normalized spacial score (nSPS) is 16.4. The zero-order valence-electron chi connectivity index (χ0n) is 14.1. The lowest BCUT2D eigenvalue weighted by Crippen LogP contribution is -2.49. The number of rotatable bonds is 6.